The quantitative estimate of drug-likeness (QED) is 0.940. The van der Waals surface area contributed by atoms with Gasteiger partial charge in [-0.3, -0.25) is 4.79 Å². The topological polar surface area (TPSA) is 41.6 Å². The molecule has 4 heteroatoms. The summed E-state index contributed by atoms with van der Waals surface area (Å²) >= 11 is 0. The van der Waals surface area contributed by atoms with Crippen molar-refractivity contribution in [3.05, 3.63) is 60.2 Å². The lowest BCUT2D eigenvalue weighted by Crippen LogP contribution is -2.45. The Morgan fingerprint density at radius 2 is 1.90 bits per heavy atom. The van der Waals surface area contributed by atoms with Crippen molar-refractivity contribution in [1.82, 2.24) is 4.90 Å². The van der Waals surface area contributed by atoms with E-state index in [4.69, 9.17) is 4.74 Å². The van der Waals surface area contributed by atoms with Crippen LogP contribution in [0.25, 0.3) is 0 Å². The van der Waals surface area contributed by atoms with E-state index in [2.05, 4.69) is 5.32 Å². The largest absolute Gasteiger partial charge is 0.477 e. The Morgan fingerprint density at radius 3 is 2.71 bits per heavy atom. The van der Waals surface area contributed by atoms with Crippen LogP contribution in [0.5, 0.6) is 5.75 Å². The highest BCUT2D eigenvalue weighted by Gasteiger charge is 2.28. The van der Waals surface area contributed by atoms with Gasteiger partial charge in [-0.25, -0.2) is 0 Å². The third-order valence-corrected chi connectivity index (χ3v) is 3.55. The molecule has 0 fully saturated rings. The molecule has 1 aliphatic rings. The van der Waals surface area contributed by atoms with Crippen molar-refractivity contribution in [2.24, 2.45) is 0 Å². The van der Waals surface area contributed by atoms with Crippen molar-refractivity contribution in [3.63, 3.8) is 0 Å². The Bertz CT molecular complexity index is 628. The van der Waals surface area contributed by atoms with Gasteiger partial charge in [0.2, 0.25) is 0 Å². The van der Waals surface area contributed by atoms with E-state index in [0.717, 1.165) is 17.0 Å². The second kappa shape index (κ2) is 5.87. The number of ether oxygens (including phenoxy) is 1. The number of nitrogens with zero attached hydrogens (tertiary/aromatic N) is 1. The van der Waals surface area contributed by atoms with E-state index in [1.807, 2.05) is 54.6 Å². The van der Waals surface area contributed by atoms with Crippen LogP contribution in [-0.2, 0) is 11.3 Å². The van der Waals surface area contributed by atoms with E-state index in [9.17, 15) is 4.79 Å². The summed E-state index contributed by atoms with van der Waals surface area (Å²) < 4.78 is 5.80. The summed E-state index contributed by atoms with van der Waals surface area (Å²) in [5, 5.41) is 3.24. The maximum Gasteiger partial charge on any atom is 0.265 e. The average molecular weight is 282 g/mol. The van der Waals surface area contributed by atoms with Crippen molar-refractivity contribution in [2.75, 3.05) is 18.9 Å². The number of likely N-dealkylation sites (N-methyl/N-ethyl adjacent to an activating group) is 1. The Morgan fingerprint density at radius 1 is 1.19 bits per heavy atom. The number of hydrogen-bond donors (Lipinski definition) is 1. The summed E-state index contributed by atoms with van der Waals surface area (Å²) in [4.78, 5) is 14.2. The fourth-order valence-electron chi connectivity index (χ4n) is 2.43. The number of benzene rings is 2. The molecule has 2 aromatic rings. The first-order valence-electron chi connectivity index (χ1n) is 7.02. The number of fused-ring (bicyclic) bond motifs is 1. The smallest absolute Gasteiger partial charge is 0.265 e. The van der Waals surface area contributed by atoms with Crippen molar-refractivity contribution in [2.45, 2.75) is 12.6 Å². The Kier molecular flexibility index (Phi) is 3.77. The third kappa shape index (κ3) is 2.99. The van der Waals surface area contributed by atoms with E-state index in [1.165, 1.54) is 0 Å². The predicted molar refractivity (Wildman–Crippen MR) is 82.3 cm³/mol. The molecule has 0 bridgehead atoms. The summed E-state index contributed by atoms with van der Waals surface area (Å²) in [5.74, 6) is 0.719. The van der Waals surface area contributed by atoms with Gasteiger partial charge < -0.3 is 15.0 Å². The average Bonchev–Trinajstić information content (AvgIpc) is 2.54. The molecule has 0 aliphatic carbocycles. The van der Waals surface area contributed by atoms with Gasteiger partial charge in [0.15, 0.2) is 6.10 Å². The van der Waals surface area contributed by atoms with E-state index in [-0.39, 0.29) is 5.91 Å². The first kappa shape index (κ1) is 13.5. The molecule has 0 aromatic heterocycles. The number of hydrogen-bond acceptors (Lipinski definition) is 3. The van der Waals surface area contributed by atoms with Crippen LogP contribution >= 0.6 is 0 Å². The van der Waals surface area contributed by atoms with Gasteiger partial charge in [-0.15, -0.1) is 0 Å². The molecule has 3 rings (SSSR count). The molecule has 1 aliphatic heterocycles. The molecular formula is C17H18N2O2. The van der Waals surface area contributed by atoms with Crippen molar-refractivity contribution in [1.29, 1.82) is 0 Å². The molecule has 0 spiro atoms. The third-order valence-electron chi connectivity index (χ3n) is 3.55. The maximum absolute atomic E-state index is 12.5. The summed E-state index contributed by atoms with van der Waals surface area (Å²) in [7, 11) is 1.80. The summed E-state index contributed by atoms with van der Waals surface area (Å²) in [6.07, 6.45) is -0.478. The highest BCUT2D eigenvalue weighted by atomic mass is 16.5. The van der Waals surface area contributed by atoms with E-state index < -0.39 is 6.10 Å². The van der Waals surface area contributed by atoms with Gasteiger partial charge in [-0.2, -0.15) is 0 Å². The minimum absolute atomic E-state index is 0.0131. The number of nitrogens with one attached hydrogen (secondary N) is 1. The molecule has 0 radical (unpaired) electrons. The molecule has 0 saturated heterocycles. The van der Waals surface area contributed by atoms with Crippen LogP contribution in [-0.4, -0.2) is 30.5 Å². The van der Waals surface area contributed by atoms with Crippen LogP contribution in [0.2, 0.25) is 0 Å². The Labute approximate surface area is 124 Å². The van der Waals surface area contributed by atoms with Crippen LogP contribution in [0, 0.1) is 0 Å². The lowest BCUT2D eigenvalue weighted by Gasteiger charge is -2.29. The first-order chi connectivity index (χ1) is 10.2. The van der Waals surface area contributed by atoms with Crippen molar-refractivity contribution >= 4 is 11.6 Å². The molecule has 1 heterocycles. The van der Waals surface area contributed by atoms with Crippen LogP contribution in [0.3, 0.4) is 0 Å². The highest BCUT2D eigenvalue weighted by Crippen LogP contribution is 2.28. The van der Waals surface area contributed by atoms with Crippen LogP contribution < -0.4 is 10.1 Å². The van der Waals surface area contributed by atoms with Gasteiger partial charge in [-0.05, 0) is 17.7 Å². The zero-order valence-electron chi connectivity index (χ0n) is 12.0. The number of rotatable bonds is 3. The van der Waals surface area contributed by atoms with Gasteiger partial charge in [0.1, 0.15) is 5.75 Å². The minimum Gasteiger partial charge on any atom is -0.477 e. The number of anilines is 1. The molecular weight excluding hydrogens is 264 g/mol. The minimum atomic E-state index is -0.478. The fraction of sp³-hybridized carbons (Fsp3) is 0.235. The number of carbonyl (C=O) groups is 1. The van der Waals surface area contributed by atoms with E-state index in [0.29, 0.717) is 13.1 Å². The maximum atomic E-state index is 12.5. The second-order valence-corrected chi connectivity index (χ2v) is 5.16. The van der Waals surface area contributed by atoms with Crippen LogP contribution in [0.4, 0.5) is 5.69 Å². The van der Waals surface area contributed by atoms with Crippen molar-refractivity contribution in [3.8, 4) is 5.75 Å². The van der Waals surface area contributed by atoms with Crippen LogP contribution in [0.1, 0.15) is 5.56 Å². The van der Waals surface area contributed by atoms with Gasteiger partial charge in [0.25, 0.3) is 5.91 Å². The molecule has 1 amide bonds. The summed E-state index contributed by atoms with van der Waals surface area (Å²) in [6.45, 7) is 1.08. The lowest BCUT2D eigenvalue weighted by atomic mass is 10.2. The zero-order chi connectivity index (χ0) is 14.7. The lowest BCUT2D eigenvalue weighted by molar-refractivity contribution is -0.137. The number of carbonyl (C=O) groups excluding carboxylic acids is 1. The zero-order valence-corrected chi connectivity index (χ0v) is 12.0. The van der Waals surface area contributed by atoms with Crippen molar-refractivity contribution < 1.29 is 9.53 Å². The summed E-state index contributed by atoms with van der Waals surface area (Å²) in [5.41, 5.74) is 2.05. The predicted octanol–water partition coefficient (Wildman–Crippen LogP) is 2.52. The molecule has 1 N–H and O–H groups in total. The monoisotopic (exact) mass is 282 g/mol. The molecule has 4 nitrogen and oxygen atoms in total. The standard InChI is InChI=1S/C17H18N2O2/c1-19(12-13-7-3-2-4-8-13)17(20)16-11-18-14-9-5-6-10-15(14)21-16/h2-10,16,18H,11-12H2,1H3. The summed E-state index contributed by atoms with van der Waals surface area (Å²) in [6, 6.07) is 17.6. The SMILES string of the molecule is CN(Cc1ccccc1)C(=O)C1CNc2ccccc2O1. The van der Waals surface area contributed by atoms with Gasteiger partial charge in [-0.1, -0.05) is 42.5 Å². The number of para-hydroxylation sites is 2. The second-order valence-electron chi connectivity index (χ2n) is 5.16. The van der Waals surface area contributed by atoms with Gasteiger partial charge in [0, 0.05) is 13.6 Å². The first-order valence-corrected chi connectivity index (χ1v) is 7.02. The fourth-order valence-corrected chi connectivity index (χ4v) is 2.43. The number of amides is 1. The van der Waals surface area contributed by atoms with Crippen LogP contribution in [0.15, 0.2) is 54.6 Å². The molecule has 108 valence electrons. The molecule has 0 saturated carbocycles. The van der Waals surface area contributed by atoms with Gasteiger partial charge >= 0.3 is 0 Å². The molecule has 21 heavy (non-hydrogen) atoms. The Balaban J connectivity index is 1.66. The molecule has 1 unspecified atom stereocenters. The van der Waals surface area contributed by atoms with Gasteiger partial charge in [0.05, 0.1) is 12.2 Å². The van der Waals surface area contributed by atoms with E-state index >= 15 is 0 Å². The normalized spacial score (nSPS) is 16.3. The Hall–Kier alpha value is -2.49. The van der Waals surface area contributed by atoms with E-state index in [1.54, 1.807) is 11.9 Å². The highest BCUT2D eigenvalue weighted by molar-refractivity contribution is 5.83. The molecule has 1 atom stereocenters. The molecule has 2 aromatic carbocycles.